The molecule has 1 unspecified atom stereocenters. The van der Waals surface area contributed by atoms with Crippen LogP contribution in [0.4, 0.5) is 0 Å². The van der Waals surface area contributed by atoms with E-state index in [1.54, 1.807) is 0 Å². The predicted octanol–water partition coefficient (Wildman–Crippen LogP) is 3.33. The Hall–Kier alpha value is -0.330. The highest BCUT2D eigenvalue weighted by atomic mass is 16.1. The van der Waals surface area contributed by atoms with Crippen LogP contribution in [0.2, 0.25) is 0 Å². The molecule has 0 radical (unpaired) electrons. The average molecular weight is 180 g/mol. The summed E-state index contributed by atoms with van der Waals surface area (Å²) in [5.41, 5.74) is 0. The molecule has 2 aliphatic carbocycles. The van der Waals surface area contributed by atoms with Crippen molar-refractivity contribution in [2.24, 2.45) is 11.8 Å². The highest BCUT2D eigenvalue weighted by molar-refractivity contribution is 5.78. The van der Waals surface area contributed by atoms with E-state index in [1.165, 1.54) is 38.5 Å². The van der Waals surface area contributed by atoms with Gasteiger partial charge in [0.05, 0.1) is 0 Å². The summed E-state index contributed by atoms with van der Waals surface area (Å²) in [6.07, 6.45) is 11.2. The molecule has 0 heterocycles. The first-order valence-corrected chi connectivity index (χ1v) is 5.88. The lowest BCUT2D eigenvalue weighted by molar-refractivity contribution is -0.119. The Labute approximate surface area is 80.9 Å². The standard InChI is InChI=1S/C12H20O/c13-12-8-4-3-7-11(9-12)10-5-1-2-6-10/h10-11H,1-9H2. The van der Waals surface area contributed by atoms with E-state index < -0.39 is 0 Å². The van der Waals surface area contributed by atoms with Crippen molar-refractivity contribution >= 4 is 5.78 Å². The van der Waals surface area contributed by atoms with Gasteiger partial charge in [0.25, 0.3) is 0 Å². The van der Waals surface area contributed by atoms with Crippen LogP contribution in [0.3, 0.4) is 0 Å². The lowest BCUT2D eigenvalue weighted by Gasteiger charge is -2.20. The van der Waals surface area contributed by atoms with Gasteiger partial charge in [0, 0.05) is 12.8 Å². The number of hydrogen-bond donors (Lipinski definition) is 0. The number of rotatable bonds is 1. The fourth-order valence-electron chi connectivity index (χ4n) is 3.06. The molecule has 0 saturated heterocycles. The van der Waals surface area contributed by atoms with Crippen LogP contribution in [0.1, 0.15) is 57.8 Å². The Balaban J connectivity index is 1.92. The summed E-state index contributed by atoms with van der Waals surface area (Å²) in [6.45, 7) is 0. The molecule has 0 aromatic rings. The zero-order valence-electron chi connectivity index (χ0n) is 8.43. The zero-order valence-corrected chi connectivity index (χ0v) is 8.43. The zero-order chi connectivity index (χ0) is 9.10. The summed E-state index contributed by atoms with van der Waals surface area (Å²) < 4.78 is 0. The van der Waals surface area contributed by atoms with E-state index >= 15 is 0 Å². The maximum Gasteiger partial charge on any atom is 0.133 e. The second kappa shape index (κ2) is 4.26. The monoisotopic (exact) mass is 180 g/mol. The van der Waals surface area contributed by atoms with Gasteiger partial charge in [-0.2, -0.15) is 0 Å². The van der Waals surface area contributed by atoms with Gasteiger partial charge in [0.15, 0.2) is 0 Å². The van der Waals surface area contributed by atoms with Crippen molar-refractivity contribution in [3.8, 4) is 0 Å². The van der Waals surface area contributed by atoms with Gasteiger partial charge in [0.2, 0.25) is 0 Å². The van der Waals surface area contributed by atoms with Gasteiger partial charge in [-0.25, -0.2) is 0 Å². The average Bonchev–Trinajstić information content (AvgIpc) is 2.56. The van der Waals surface area contributed by atoms with Crippen LogP contribution < -0.4 is 0 Å². The largest absolute Gasteiger partial charge is 0.300 e. The van der Waals surface area contributed by atoms with Crippen LogP contribution in [0.25, 0.3) is 0 Å². The summed E-state index contributed by atoms with van der Waals surface area (Å²) in [7, 11) is 0. The van der Waals surface area contributed by atoms with Crippen molar-refractivity contribution in [2.45, 2.75) is 57.8 Å². The van der Waals surface area contributed by atoms with Crippen molar-refractivity contribution in [3.05, 3.63) is 0 Å². The SMILES string of the molecule is O=C1CCCCC(C2CCCC2)C1. The van der Waals surface area contributed by atoms with E-state index in [9.17, 15) is 4.79 Å². The summed E-state index contributed by atoms with van der Waals surface area (Å²) in [5.74, 6) is 2.20. The molecular weight excluding hydrogens is 160 g/mol. The molecule has 2 aliphatic rings. The number of hydrogen-bond acceptors (Lipinski definition) is 1. The van der Waals surface area contributed by atoms with Gasteiger partial charge in [-0.05, 0) is 24.7 Å². The Kier molecular flexibility index (Phi) is 3.02. The summed E-state index contributed by atoms with van der Waals surface area (Å²) in [6, 6.07) is 0. The van der Waals surface area contributed by atoms with Gasteiger partial charge < -0.3 is 0 Å². The number of ketones is 1. The molecule has 74 valence electrons. The van der Waals surface area contributed by atoms with Gasteiger partial charge in [-0.1, -0.05) is 32.1 Å². The molecule has 0 aromatic heterocycles. The molecule has 0 aromatic carbocycles. The van der Waals surface area contributed by atoms with Crippen LogP contribution in [0.5, 0.6) is 0 Å². The van der Waals surface area contributed by atoms with E-state index in [0.717, 1.165) is 31.1 Å². The Morgan fingerprint density at radius 3 is 2.23 bits per heavy atom. The lowest BCUT2D eigenvalue weighted by atomic mass is 9.85. The molecule has 2 saturated carbocycles. The van der Waals surface area contributed by atoms with Crippen LogP contribution in [0, 0.1) is 11.8 Å². The summed E-state index contributed by atoms with van der Waals surface area (Å²) in [5, 5.41) is 0. The van der Waals surface area contributed by atoms with E-state index in [1.807, 2.05) is 0 Å². The van der Waals surface area contributed by atoms with E-state index in [2.05, 4.69) is 0 Å². The van der Waals surface area contributed by atoms with Gasteiger partial charge in [-0.15, -0.1) is 0 Å². The molecule has 0 bridgehead atoms. The molecule has 1 nitrogen and oxygen atoms in total. The maximum atomic E-state index is 11.5. The molecule has 2 rings (SSSR count). The van der Waals surface area contributed by atoms with Crippen molar-refractivity contribution in [1.29, 1.82) is 0 Å². The van der Waals surface area contributed by atoms with Crippen LogP contribution >= 0.6 is 0 Å². The molecule has 0 N–H and O–H groups in total. The maximum absolute atomic E-state index is 11.5. The third kappa shape index (κ3) is 2.32. The predicted molar refractivity (Wildman–Crippen MR) is 53.5 cm³/mol. The van der Waals surface area contributed by atoms with Crippen molar-refractivity contribution in [2.75, 3.05) is 0 Å². The molecule has 0 amide bonds. The topological polar surface area (TPSA) is 17.1 Å². The fourth-order valence-corrected chi connectivity index (χ4v) is 3.06. The lowest BCUT2D eigenvalue weighted by Crippen LogP contribution is -2.13. The molecule has 0 spiro atoms. The summed E-state index contributed by atoms with van der Waals surface area (Å²) in [4.78, 5) is 11.5. The smallest absolute Gasteiger partial charge is 0.133 e. The normalized spacial score (nSPS) is 32.0. The van der Waals surface area contributed by atoms with E-state index in [0.29, 0.717) is 5.78 Å². The van der Waals surface area contributed by atoms with Crippen LogP contribution in [0.15, 0.2) is 0 Å². The van der Waals surface area contributed by atoms with Crippen LogP contribution in [-0.4, -0.2) is 5.78 Å². The number of Topliss-reactive ketones (excluding diaryl/α,β-unsaturated/α-hetero) is 1. The summed E-state index contributed by atoms with van der Waals surface area (Å²) >= 11 is 0. The fraction of sp³-hybridized carbons (Fsp3) is 0.917. The highest BCUT2D eigenvalue weighted by Crippen LogP contribution is 2.37. The van der Waals surface area contributed by atoms with E-state index in [4.69, 9.17) is 0 Å². The molecule has 13 heavy (non-hydrogen) atoms. The minimum atomic E-state index is 0.536. The van der Waals surface area contributed by atoms with Gasteiger partial charge >= 0.3 is 0 Å². The van der Waals surface area contributed by atoms with Gasteiger partial charge in [0.1, 0.15) is 5.78 Å². The Morgan fingerprint density at radius 2 is 1.46 bits per heavy atom. The second-order valence-corrected chi connectivity index (χ2v) is 4.79. The quantitative estimate of drug-likeness (QED) is 0.566. The minimum Gasteiger partial charge on any atom is -0.300 e. The molecule has 1 atom stereocenters. The first-order chi connectivity index (χ1) is 6.36. The number of carbonyl (C=O) groups excluding carboxylic acids is 1. The Bertz CT molecular complexity index is 180. The first-order valence-electron chi connectivity index (χ1n) is 5.88. The van der Waals surface area contributed by atoms with E-state index in [-0.39, 0.29) is 0 Å². The minimum absolute atomic E-state index is 0.536. The molecule has 0 aliphatic heterocycles. The van der Waals surface area contributed by atoms with Crippen molar-refractivity contribution in [1.82, 2.24) is 0 Å². The van der Waals surface area contributed by atoms with Crippen molar-refractivity contribution in [3.63, 3.8) is 0 Å². The highest BCUT2D eigenvalue weighted by Gasteiger charge is 2.27. The second-order valence-electron chi connectivity index (χ2n) is 4.79. The van der Waals surface area contributed by atoms with Crippen molar-refractivity contribution < 1.29 is 4.79 Å². The number of carbonyl (C=O) groups is 1. The Morgan fingerprint density at radius 1 is 0.846 bits per heavy atom. The molecule has 1 heteroatoms. The third-order valence-electron chi connectivity index (χ3n) is 3.84. The molecular formula is C12H20O. The molecule has 2 fully saturated rings. The first kappa shape index (κ1) is 9.23. The van der Waals surface area contributed by atoms with Gasteiger partial charge in [-0.3, -0.25) is 4.79 Å². The third-order valence-corrected chi connectivity index (χ3v) is 3.84. The van der Waals surface area contributed by atoms with Crippen LogP contribution in [-0.2, 0) is 4.79 Å².